The third-order valence-electron chi connectivity index (χ3n) is 4.09. The molecule has 4 nitrogen and oxygen atoms in total. The van der Waals surface area contributed by atoms with Crippen LogP contribution in [0.25, 0.3) is 11.0 Å². The lowest BCUT2D eigenvalue weighted by Crippen LogP contribution is -2.34. The summed E-state index contributed by atoms with van der Waals surface area (Å²) in [6.45, 7) is 4.55. The van der Waals surface area contributed by atoms with Gasteiger partial charge in [0.1, 0.15) is 0 Å². The zero-order chi connectivity index (χ0) is 15.0. The lowest BCUT2D eigenvalue weighted by atomic mass is 9.99. The molecule has 0 amide bonds. The molecule has 1 unspecified atom stereocenters. The number of carboxylic acids is 1. The van der Waals surface area contributed by atoms with Crippen molar-refractivity contribution in [3.63, 3.8) is 0 Å². The quantitative estimate of drug-likeness (QED) is 0.940. The van der Waals surface area contributed by atoms with Crippen LogP contribution in [-0.2, 0) is 6.54 Å². The maximum absolute atomic E-state index is 13.8. The molecule has 0 saturated carbocycles. The van der Waals surface area contributed by atoms with Gasteiger partial charge in [-0.15, -0.1) is 0 Å². The lowest BCUT2D eigenvalue weighted by molar-refractivity contribution is 0.0660. The van der Waals surface area contributed by atoms with Crippen LogP contribution in [-0.4, -0.2) is 29.1 Å². The number of fused-ring (bicyclic) bond motifs is 1. The first-order chi connectivity index (χ1) is 10.1. The van der Waals surface area contributed by atoms with E-state index in [2.05, 4.69) is 11.8 Å². The predicted octanol–water partition coefficient (Wildman–Crippen LogP) is 3.50. The molecule has 3 rings (SSSR count). The van der Waals surface area contributed by atoms with Crippen molar-refractivity contribution in [2.75, 3.05) is 13.1 Å². The van der Waals surface area contributed by atoms with E-state index >= 15 is 0 Å². The van der Waals surface area contributed by atoms with Crippen molar-refractivity contribution in [2.45, 2.75) is 26.3 Å². The molecular weight excluding hydrogens is 273 g/mol. The number of likely N-dealkylation sites (tertiary alicyclic amines) is 1. The van der Waals surface area contributed by atoms with Gasteiger partial charge in [0.25, 0.3) is 0 Å². The van der Waals surface area contributed by atoms with E-state index in [1.165, 1.54) is 12.5 Å². The van der Waals surface area contributed by atoms with E-state index in [9.17, 15) is 14.3 Å². The number of carbonyl (C=O) groups is 1. The van der Waals surface area contributed by atoms with Gasteiger partial charge in [-0.3, -0.25) is 4.90 Å². The molecule has 2 heterocycles. The van der Waals surface area contributed by atoms with Crippen molar-refractivity contribution in [1.82, 2.24) is 4.90 Å². The van der Waals surface area contributed by atoms with Crippen LogP contribution >= 0.6 is 0 Å². The average molecular weight is 291 g/mol. The minimum Gasteiger partial charge on any atom is -0.475 e. The van der Waals surface area contributed by atoms with E-state index in [0.717, 1.165) is 19.5 Å². The van der Waals surface area contributed by atoms with Gasteiger partial charge in [0.05, 0.1) is 0 Å². The van der Waals surface area contributed by atoms with Gasteiger partial charge in [-0.25, -0.2) is 9.18 Å². The summed E-state index contributed by atoms with van der Waals surface area (Å²) in [6, 6.07) is 4.59. The Morgan fingerprint density at radius 2 is 2.33 bits per heavy atom. The van der Waals surface area contributed by atoms with Gasteiger partial charge >= 0.3 is 5.97 Å². The highest BCUT2D eigenvalue weighted by Crippen LogP contribution is 2.30. The van der Waals surface area contributed by atoms with Crippen molar-refractivity contribution < 1.29 is 18.7 Å². The molecule has 1 aliphatic heterocycles. The summed E-state index contributed by atoms with van der Waals surface area (Å²) in [5.41, 5.74) is 0.612. The molecule has 1 N–H and O–H groups in total. The highest BCUT2D eigenvalue weighted by atomic mass is 19.1. The highest BCUT2D eigenvalue weighted by molar-refractivity contribution is 5.95. The Kier molecular flexibility index (Phi) is 3.68. The van der Waals surface area contributed by atoms with Crippen molar-refractivity contribution in [1.29, 1.82) is 0 Å². The Hall–Kier alpha value is -1.88. The van der Waals surface area contributed by atoms with E-state index in [1.807, 2.05) is 0 Å². The van der Waals surface area contributed by atoms with Crippen LogP contribution in [0.4, 0.5) is 4.39 Å². The second-order valence-corrected chi connectivity index (χ2v) is 5.81. The number of para-hydroxylation sites is 1. The molecule has 1 aromatic heterocycles. The number of furan rings is 1. The van der Waals surface area contributed by atoms with Crippen LogP contribution in [0.1, 0.15) is 35.9 Å². The fourth-order valence-corrected chi connectivity index (χ4v) is 3.12. The number of aromatic carboxylic acids is 1. The molecule has 0 radical (unpaired) electrons. The minimum atomic E-state index is -1.15. The van der Waals surface area contributed by atoms with E-state index in [1.54, 1.807) is 12.1 Å². The Balaban J connectivity index is 2.01. The van der Waals surface area contributed by atoms with Gasteiger partial charge in [-0.05, 0) is 31.4 Å². The number of rotatable bonds is 3. The maximum Gasteiger partial charge on any atom is 0.372 e. The number of benzene rings is 1. The summed E-state index contributed by atoms with van der Waals surface area (Å²) in [6.07, 6.45) is 2.30. The monoisotopic (exact) mass is 291 g/mol. The first-order valence-electron chi connectivity index (χ1n) is 7.22. The van der Waals surface area contributed by atoms with E-state index in [4.69, 9.17) is 4.42 Å². The summed E-state index contributed by atoms with van der Waals surface area (Å²) in [4.78, 5) is 13.6. The van der Waals surface area contributed by atoms with Crippen LogP contribution in [0.3, 0.4) is 0 Å². The zero-order valence-corrected chi connectivity index (χ0v) is 11.9. The van der Waals surface area contributed by atoms with Gasteiger partial charge in [0.2, 0.25) is 5.76 Å². The molecular formula is C16H18FNO3. The molecule has 21 heavy (non-hydrogen) atoms. The third-order valence-corrected chi connectivity index (χ3v) is 4.09. The molecule has 2 aromatic rings. The molecule has 0 bridgehead atoms. The van der Waals surface area contributed by atoms with Crippen LogP contribution < -0.4 is 0 Å². The van der Waals surface area contributed by atoms with Crippen LogP contribution in [0.15, 0.2) is 22.6 Å². The molecule has 1 aromatic carbocycles. The highest BCUT2D eigenvalue weighted by Gasteiger charge is 2.25. The normalized spacial score (nSPS) is 20.0. The first kappa shape index (κ1) is 14.1. The zero-order valence-electron chi connectivity index (χ0n) is 11.9. The first-order valence-corrected chi connectivity index (χ1v) is 7.22. The largest absolute Gasteiger partial charge is 0.475 e. The third kappa shape index (κ3) is 2.65. The number of piperidine rings is 1. The second-order valence-electron chi connectivity index (χ2n) is 5.81. The molecule has 0 spiro atoms. The summed E-state index contributed by atoms with van der Waals surface area (Å²) in [5, 5.41) is 9.87. The van der Waals surface area contributed by atoms with Crippen LogP contribution in [0.2, 0.25) is 0 Å². The van der Waals surface area contributed by atoms with E-state index < -0.39 is 11.8 Å². The van der Waals surface area contributed by atoms with Crippen molar-refractivity contribution >= 4 is 16.9 Å². The van der Waals surface area contributed by atoms with E-state index in [-0.39, 0.29) is 11.3 Å². The fourth-order valence-electron chi connectivity index (χ4n) is 3.12. The van der Waals surface area contributed by atoms with Crippen molar-refractivity contribution in [3.8, 4) is 0 Å². The van der Waals surface area contributed by atoms with E-state index in [0.29, 0.717) is 23.4 Å². The van der Waals surface area contributed by atoms with Crippen LogP contribution in [0, 0.1) is 11.7 Å². The number of nitrogens with zero attached hydrogens (tertiary/aromatic N) is 1. The molecule has 1 aliphatic rings. The summed E-state index contributed by atoms with van der Waals surface area (Å²) in [7, 11) is 0. The molecule has 1 fully saturated rings. The van der Waals surface area contributed by atoms with Crippen molar-refractivity contribution in [3.05, 3.63) is 35.3 Å². The summed E-state index contributed by atoms with van der Waals surface area (Å²) >= 11 is 0. The molecule has 1 atom stereocenters. The Morgan fingerprint density at radius 3 is 3.05 bits per heavy atom. The number of halogens is 1. The van der Waals surface area contributed by atoms with Gasteiger partial charge in [-0.1, -0.05) is 19.1 Å². The molecule has 1 saturated heterocycles. The van der Waals surface area contributed by atoms with Gasteiger partial charge in [0.15, 0.2) is 11.4 Å². The number of hydrogen-bond acceptors (Lipinski definition) is 3. The molecule has 0 aliphatic carbocycles. The maximum atomic E-state index is 13.8. The number of carboxylic acid groups (broad SMARTS) is 1. The molecule has 112 valence electrons. The summed E-state index contributed by atoms with van der Waals surface area (Å²) in [5.74, 6) is -1.21. The van der Waals surface area contributed by atoms with Gasteiger partial charge in [-0.2, -0.15) is 0 Å². The Labute approximate surface area is 122 Å². The standard InChI is InChI=1S/C16H18FNO3/c1-10-4-3-7-18(8-10)9-12-11-5-2-6-13(17)14(11)21-15(12)16(19)20/h2,5-6,10H,3-4,7-9H2,1H3,(H,19,20). The van der Waals surface area contributed by atoms with Crippen molar-refractivity contribution in [2.24, 2.45) is 5.92 Å². The Bertz CT molecular complexity index is 679. The SMILES string of the molecule is CC1CCCN(Cc2c(C(=O)O)oc3c(F)cccc23)C1. The number of hydrogen-bond donors (Lipinski definition) is 1. The second kappa shape index (κ2) is 5.48. The minimum absolute atomic E-state index is 0.0370. The lowest BCUT2D eigenvalue weighted by Gasteiger charge is -2.30. The Morgan fingerprint density at radius 1 is 1.52 bits per heavy atom. The van der Waals surface area contributed by atoms with Crippen LogP contribution in [0.5, 0.6) is 0 Å². The van der Waals surface area contributed by atoms with Gasteiger partial charge < -0.3 is 9.52 Å². The summed E-state index contributed by atoms with van der Waals surface area (Å²) < 4.78 is 19.0. The smallest absolute Gasteiger partial charge is 0.372 e. The topological polar surface area (TPSA) is 53.7 Å². The van der Waals surface area contributed by atoms with Gasteiger partial charge in [0, 0.05) is 24.0 Å². The predicted molar refractivity (Wildman–Crippen MR) is 76.8 cm³/mol. The average Bonchev–Trinajstić information content (AvgIpc) is 2.80. The fraction of sp³-hybridized carbons (Fsp3) is 0.438. The molecule has 5 heteroatoms.